The van der Waals surface area contributed by atoms with E-state index in [4.69, 9.17) is 5.73 Å². The van der Waals surface area contributed by atoms with Crippen LogP contribution in [0.25, 0.3) is 0 Å². The highest BCUT2D eigenvalue weighted by molar-refractivity contribution is 5.93. The van der Waals surface area contributed by atoms with Crippen LogP contribution in [0.15, 0.2) is 12.3 Å². The van der Waals surface area contributed by atoms with Crippen molar-refractivity contribution in [3.05, 3.63) is 23.8 Å². The number of amides is 3. The lowest BCUT2D eigenvalue weighted by molar-refractivity contribution is 0.0944. The van der Waals surface area contributed by atoms with Gasteiger partial charge in [-0.2, -0.15) is 0 Å². The Labute approximate surface area is 104 Å². The molecule has 1 aromatic heterocycles. The van der Waals surface area contributed by atoms with Crippen LogP contribution in [-0.2, 0) is 0 Å². The van der Waals surface area contributed by atoms with Gasteiger partial charge in [-0.05, 0) is 6.42 Å². The van der Waals surface area contributed by atoms with E-state index in [-0.39, 0.29) is 11.4 Å². The van der Waals surface area contributed by atoms with Crippen LogP contribution in [0.4, 0.5) is 14.9 Å². The van der Waals surface area contributed by atoms with Gasteiger partial charge in [-0.1, -0.05) is 13.3 Å². The summed E-state index contributed by atoms with van der Waals surface area (Å²) in [6.45, 7) is 2.45. The number of carbonyl (C=O) groups excluding carboxylic acids is 2. The van der Waals surface area contributed by atoms with Gasteiger partial charge in [0, 0.05) is 12.6 Å². The van der Waals surface area contributed by atoms with Crippen LogP contribution in [0.5, 0.6) is 0 Å². The minimum atomic E-state index is -0.823. The van der Waals surface area contributed by atoms with Crippen molar-refractivity contribution in [2.24, 2.45) is 5.73 Å². The number of aromatic nitrogens is 1. The first-order valence-electron chi connectivity index (χ1n) is 5.54. The Bertz CT molecular complexity index is 451. The van der Waals surface area contributed by atoms with Crippen LogP contribution < -0.4 is 16.4 Å². The van der Waals surface area contributed by atoms with Crippen molar-refractivity contribution < 1.29 is 14.0 Å². The first-order valence-corrected chi connectivity index (χ1v) is 5.54. The first-order chi connectivity index (χ1) is 8.54. The monoisotopic (exact) mass is 254 g/mol. The maximum Gasteiger partial charge on any atom is 0.316 e. The molecule has 0 radical (unpaired) electrons. The predicted molar refractivity (Wildman–Crippen MR) is 64.6 cm³/mol. The molecule has 0 aliphatic rings. The summed E-state index contributed by atoms with van der Waals surface area (Å²) in [5, 5.41) is 4.72. The summed E-state index contributed by atoms with van der Waals surface area (Å²) in [5.41, 5.74) is 4.67. The molecule has 0 spiro atoms. The van der Waals surface area contributed by atoms with E-state index in [0.29, 0.717) is 6.54 Å². The van der Waals surface area contributed by atoms with Gasteiger partial charge in [0.1, 0.15) is 0 Å². The molecule has 0 saturated carbocycles. The second-order valence-corrected chi connectivity index (χ2v) is 3.65. The molecule has 98 valence electrons. The minimum Gasteiger partial charge on any atom is -0.351 e. The molecule has 7 heteroatoms. The fourth-order valence-corrected chi connectivity index (χ4v) is 1.28. The second kappa shape index (κ2) is 6.53. The average Bonchev–Trinajstić information content (AvgIpc) is 2.28. The Morgan fingerprint density at radius 1 is 1.50 bits per heavy atom. The van der Waals surface area contributed by atoms with E-state index in [1.807, 2.05) is 6.92 Å². The number of urea groups is 1. The Morgan fingerprint density at radius 2 is 2.22 bits per heavy atom. The van der Waals surface area contributed by atoms with Crippen molar-refractivity contribution in [1.29, 1.82) is 0 Å². The number of unbranched alkanes of at least 4 members (excludes halogenated alkanes) is 1. The fraction of sp³-hybridized carbons (Fsp3) is 0.364. The number of anilines is 1. The largest absolute Gasteiger partial charge is 0.351 e. The number of nitrogens with two attached hydrogens (primary N) is 1. The summed E-state index contributed by atoms with van der Waals surface area (Å²) < 4.78 is 13.5. The highest BCUT2D eigenvalue weighted by Gasteiger charge is 2.13. The molecule has 1 rings (SSSR count). The van der Waals surface area contributed by atoms with E-state index in [9.17, 15) is 14.0 Å². The number of pyridine rings is 1. The van der Waals surface area contributed by atoms with Crippen LogP contribution in [-0.4, -0.2) is 23.5 Å². The lowest BCUT2D eigenvalue weighted by Gasteiger charge is -2.06. The molecule has 0 fully saturated rings. The number of halogens is 1. The molecule has 4 N–H and O–H groups in total. The number of carbonyl (C=O) groups is 2. The van der Waals surface area contributed by atoms with E-state index < -0.39 is 17.8 Å². The first kappa shape index (κ1) is 13.9. The van der Waals surface area contributed by atoms with Crippen molar-refractivity contribution in [3.63, 3.8) is 0 Å². The van der Waals surface area contributed by atoms with E-state index >= 15 is 0 Å². The highest BCUT2D eigenvalue weighted by Crippen LogP contribution is 2.11. The van der Waals surface area contributed by atoms with Crippen molar-refractivity contribution >= 4 is 17.6 Å². The van der Waals surface area contributed by atoms with Crippen molar-refractivity contribution in [2.45, 2.75) is 19.8 Å². The standard InChI is InChI=1S/C11H15FN4O2/c1-2-3-4-14-10(17)9-8(12)5-7(6-15-9)16-11(13)18/h5-6H,2-4H2,1H3,(H,14,17)(H3,13,16,18). The summed E-state index contributed by atoms with van der Waals surface area (Å²) in [5.74, 6) is -1.39. The van der Waals surface area contributed by atoms with Gasteiger partial charge < -0.3 is 16.4 Å². The zero-order chi connectivity index (χ0) is 13.5. The van der Waals surface area contributed by atoms with Crippen LogP contribution in [0.1, 0.15) is 30.3 Å². The zero-order valence-corrected chi connectivity index (χ0v) is 10.00. The zero-order valence-electron chi connectivity index (χ0n) is 10.00. The number of hydrogen-bond donors (Lipinski definition) is 3. The number of rotatable bonds is 5. The fourth-order valence-electron chi connectivity index (χ4n) is 1.28. The Kier molecular flexibility index (Phi) is 5.04. The lowest BCUT2D eigenvalue weighted by Crippen LogP contribution is -2.26. The molecule has 18 heavy (non-hydrogen) atoms. The summed E-state index contributed by atoms with van der Waals surface area (Å²) in [7, 11) is 0. The summed E-state index contributed by atoms with van der Waals surface area (Å²) >= 11 is 0. The molecule has 0 aliphatic carbocycles. The summed E-state index contributed by atoms with van der Waals surface area (Å²) in [4.78, 5) is 25.8. The Morgan fingerprint density at radius 3 is 2.78 bits per heavy atom. The second-order valence-electron chi connectivity index (χ2n) is 3.65. The molecule has 0 atom stereocenters. The van der Waals surface area contributed by atoms with E-state index in [1.165, 1.54) is 6.20 Å². The maximum absolute atomic E-state index is 13.5. The van der Waals surface area contributed by atoms with Gasteiger partial charge in [-0.25, -0.2) is 14.2 Å². The van der Waals surface area contributed by atoms with Crippen LogP contribution >= 0.6 is 0 Å². The summed E-state index contributed by atoms with van der Waals surface area (Å²) in [6.07, 6.45) is 2.91. The molecular formula is C11H15FN4O2. The van der Waals surface area contributed by atoms with E-state index in [0.717, 1.165) is 18.9 Å². The molecule has 0 saturated heterocycles. The minimum absolute atomic E-state index is 0.102. The molecule has 3 amide bonds. The number of primary amides is 1. The molecule has 1 heterocycles. The predicted octanol–water partition coefficient (Wildman–Crippen LogP) is 1.24. The highest BCUT2D eigenvalue weighted by atomic mass is 19.1. The Balaban J connectivity index is 2.72. The quantitative estimate of drug-likeness (QED) is 0.689. The topological polar surface area (TPSA) is 97.1 Å². The van der Waals surface area contributed by atoms with Gasteiger partial charge in [0.05, 0.1) is 11.9 Å². The van der Waals surface area contributed by atoms with Gasteiger partial charge in [0.2, 0.25) is 0 Å². The molecule has 0 aromatic carbocycles. The molecule has 1 aromatic rings. The van der Waals surface area contributed by atoms with Gasteiger partial charge in [-0.3, -0.25) is 4.79 Å². The molecule has 0 aliphatic heterocycles. The van der Waals surface area contributed by atoms with Crippen LogP contribution in [0, 0.1) is 5.82 Å². The van der Waals surface area contributed by atoms with Crippen molar-refractivity contribution in [2.75, 3.05) is 11.9 Å². The maximum atomic E-state index is 13.5. The number of nitrogens with zero attached hydrogens (tertiary/aromatic N) is 1. The molecular weight excluding hydrogens is 239 g/mol. The van der Waals surface area contributed by atoms with Crippen LogP contribution in [0.2, 0.25) is 0 Å². The van der Waals surface area contributed by atoms with Crippen molar-refractivity contribution in [3.8, 4) is 0 Å². The summed E-state index contributed by atoms with van der Waals surface area (Å²) in [6, 6.07) is 0.170. The number of nitrogens with one attached hydrogen (secondary N) is 2. The van der Waals surface area contributed by atoms with E-state index in [2.05, 4.69) is 15.6 Å². The third-order valence-corrected chi connectivity index (χ3v) is 2.14. The molecule has 0 bridgehead atoms. The smallest absolute Gasteiger partial charge is 0.316 e. The lowest BCUT2D eigenvalue weighted by atomic mass is 10.3. The number of hydrogen-bond acceptors (Lipinski definition) is 3. The average molecular weight is 254 g/mol. The van der Waals surface area contributed by atoms with Gasteiger partial charge in [0.15, 0.2) is 11.5 Å². The van der Waals surface area contributed by atoms with Gasteiger partial charge in [0.25, 0.3) is 5.91 Å². The SMILES string of the molecule is CCCCNC(=O)c1ncc(NC(N)=O)cc1F. The molecule has 6 nitrogen and oxygen atoms in total. The van der Waals surface area contributed by atoms with Gasteiger partial charge >= 0.3 is 6.03 Å². The third-order valence-electron chi connectivity index (χ3n) is 2.14. The van der Waals surface area contributed by atoms with Crippen molar-refractivity contribution in [1.82, 2.24) is 10.3 Å². The Hall–Kier alpha value is -2.18. The van der Waals surface area contributed by atoms with Crippen LogP contribution in [0.3, 0.4) is 0 Å². The molecule has 0 unspecified atom stereocenters. The van der Waals surface area contributed by atoms with E-state index in [1.54, 1.807) is 0 Å². The van der Waals surface area contributed by atoms with Gasteiger partial charge in [-0.15, -0.1) is 0 Å². The third kappa shape index (κ3) is 4.00. The normalized spacial score (nSPS) is 9.89.